The molecule has 1 atom stereocenters. The minimum Gasteiger partial charge on any atom is -0.465 e. The Hall–Kier alpha value is -1.95. The molecule has 6 nitrogen and oxygen atoms in total. The van der Waals surface area contributed by atoms with E-state index >= 15 is 0 Å². The lowest BCUT2D eigenvalue weighted by Crippen LogP contribution is -2.37. The van der Waals surface area contributed by atoms with Gasteiger partial charge in [-0.25, -0.2) is 9.78 Å². The first kappa shape index (κ1) is 15.4. The second kappa shape index (κ2) is 7.17. The molecule has 114 valence electrons. The number of carbonyl (C=O) groups excluding carboxylic acids is 2. The molecular formula is C15H20N2O4. The number of hydrogen-bond acceptors (Lipinski definition) is 6. The van der Waals surface area contributed by atoms with Gasteiger partial charge in [0.15, 0.2) is 0 Å². The summed E-state index contributed by atoms with van der Waals surface area (Å²) in [5.41, 5.74) is 1.02. The summed E-state index contributed by atoms with van der Waals surface area (Å²) < 4.78 is 9.76. The lowest BCUT2D eigenvalue weighted by Gasteiger charge is -2.22. The molecule has 1 unspecified atom stereocenters. The van der Waals surface area contributed by atoms with E-state index in [0.717, 1.165) is 25.1 Å². The third kappa shape index (κ3) is 3.78. The lowest BCUT2D eigenvalue weighted by molar-refractivity contribution is -0.148. The van der Waals surface area contributed by atoms with Crippen LogP contribution in [0.4, 0.5) is 0 Å². The number of esters is 2. The highest BCUT2D eigenvalue weighted by atomic mass is 16.5. The summed E-state index contributed by atoms with van der Waals surface area (Å²) in [5, 5.41) is 0. The summed E-state index contributed by atoms with van der Waals surface area (Å²) in [5.74, 6) is -0.640. The standard InChI is InChI=1S/C15H20N2O4/c1-3-21-15(19)13-8-5-9-17(13)10-11-6-4-7-12(16-11)14(18)20-2/h4,6-7,13H,3,5,8-10H2,1-2H3. The molecule has 2 heterocycles. The zero-order valence-electron chi connectivity index (χ0n) is 12.4. The van der Waals surface area contributed by atoms with Crippen LogP contribution in [0.15, 0.2) is 18.2 Å². The summed E-state index contributed by atoms with van der Waals surface area (Å²) in [7, 11) is 1.33. The van der Waals surface area contributed by atoms with Crippen LogP contribution < -0.4 is 0 Å². The zero-order valence-corrected chi connectivity index (χ0v) is 12.4. The van der Waals surface area contributed by atoms with Crippen LogP contribution in [0.25, 0.3) is 0 Å². The summed E-state index contributed by atoms with van der Waals surface area (Å²) in [6.07, 6.45) is 1.76. The molecule has 1 aliphatic heterocycles. The van der Waals surface area contributed by atoms with Gasteiger partial charge in [0.2, 0.25) is 0 Å². The molecule has 21 heavy (non-hydrogen) atoms. The molecule has 1 fully saturated rings. The van der Waals surface area contributed by atoms with E-state index in [2.05, 4.69) is 9.72 Å². The van der Waals surface area contributed by atoms with Gasteiger partial charge in [-0.05, 0) is 38.4 Å². The summed E-state index contributed by atoms with van der Waals surface area (Å²) >= 11 is 0. The van der Waals surface area contributed by atoms with Gasteiger partial charge in [-0.3, -0.25) is 9.69 Å². The predicted octanol–water partition coefficient (Wildman–Crippen LogP) is 1.40. The zero-order chi connectivity index (χ0) is 15.2. The SMILES string of the molecule is CCOC(=O)C1CCCN1Cc1cccc(C(=O)OC)n1. The second-order valence-corrected chi connectivity index (χ2v) is 4.89. The second-order valence-electron chi connectivity index (χ2n) is 4.89. The van der Waals surface area contributed by atoms with Gasteiger partial charge in [0.05, 0.1) is 19.4 Å². The van der Waals surface area contributed by atoms with E-state index in [-0.39, 0.29) is 17.7 Å². The van der Waals surface area contributed by atoms with Crippen molar-refractivity contribution in [3.05, 3.63) is 29.6 Å². The molecule has 0 N–H and O–H groups in total. The third-order valence-corrected chi connectivity index (χ3v) is 3.49. The van der Waals surface area contributed by atoms with Gasteiger partial charge in [0, 0.05) is 6.54 Å². The number of nitrogens with zero attached hydrogens (tertiary/aromatic N) is 2. The van der Waals surface area contributed by atoms with E-state index in [1.165, 1.54) is 7.11 Å². The topological polar surface area (TPSA) is 68.7 Å². The number of ether oxygens (including phenoxy) is 2. The first-order valence-corrected chi connectivity index (χ1v) is 7.10. The normalized spacial score (nSPS) is 18.5. The Kier molecular flexibility index (Phi) is 5.27. The number of hydrogen-bond donors (Lipinski definition) is 0. The van der Waals surface area contributed by atoms with E-state index in [9.17, 15) is 9.59 Å². The van der Waals surface area contributed by atoms with Crippen molar-refractivity contribution >= 4 is 11.9 Å². The molecule has 1 aromatic rings. The van der Waals surface area contributed by atoms with Crippen LogP contribution in [0, 0.1) is 0 Å². The molecule has 0 amide bonds. The summed E-state index contributed by atoms with van der Waals surface area (Å²) in [6.45, 7) is 3.54. The van der Waals surface area contributed by atoms with E-state index in [0.29, 0.717) is 13.2 Å². The molecule has 6 heteroatoms. The van der Waals surface area contributed by atoms with E-state index in [4.69, 9.17) is 4.74 Å². The fourth-order valence-corrected chi connectivity index (χ4v) is 2.51. The highest BCUT2D eigenvalue weighted by molar-refractivity contribution is 5.87. The van der Waals surface area contributed by atoms with Crippen LogP contribution in [0.3, 0.4) is 0 Å². The maximum Gasteiger partial charge on any atom is 0.356 e. The Bertz CT molecular complexity index is 518. The van der Waals surface area contributed by atoms with Crippen molar-refractivity contribution in [2.45, 2.75) is 32.4 Å². The monoisotopic (exact) mass is 292 g/mol. The minimum atomic E-state index is -0.458. The van der Waals surface area contributed by atoms with Gasteiger partial charge >= 0.3 is 11.9 Å². The number of methoxy groups -OCH3 is 1. The average molecular weight is 292 g/mol. The molecule has 0 bridgehead atoms. The van der Waals surface area contributed by atoms with Gasteiger partial charge in [-0.1, -0.05) is 6.07 Å². The number of pyridine rings is 1. The van der Waals surface area contributed by atoms with Crippen LogP contribution in [-0.2, 0) is 20.8 Å². The van der Waals surface area contributed by atoms with Crippen LogP contribution in [0.2, 0.25) is 0 Å². The van der Waals surface area contributed by atoms with E-state index in [1.807, 2.05) is 11.0 Å². The van der Waals surface area contributed by atoms with Crippen LogP contribution in [0.5, 0.6) is 0 Å². The van der Waals surface area contributed by atoms with Crippen molar-refractivity contribution in [1.29, 1.82) is 0 Å². The molecule has 0 aliphatic carbocycles. The lowest BCUT2D eigenvalue weighted by atomic mass is 10.2. The van der Waals surface area contributed by atoms with Gasteiger partial charge in [0.25, 0.3) is 0 Å². The molecule has 1 saturated heterocycles. The molecule has 0 radical (unpaired) electrons. The Balaban J connectivity index is 2.06. The summed E-state index contributed by atoms with van der Waals surface area (Å²) in [6, 6.07) is 5.01. The fraction of sp³-hybridized carbons (Fsp3) is 0.533. The van der Waals surface area contributed by atoms with Crippen LogP contribution in [-0.4, -0.2) is 48.1 Å². The van der Waals surface area contributed by atoms with Crippen molar-refractivity contribution in [2.24, 2.45) is 0 Å². The quantitative estimate of drug-likeness (QED) is 0.764. The molecule has 0 aromatic carbocycles. The Morgan fingerprint density at radius 1 is 1.43 bits per heavy atom. The van der Waals surface area contributed by atoms with E-state index in [1.54, 1.807) is 19.1 Å². The minimum absolute atomic E-state index is 0.181. The van der Waals surface area contributed by atoms with Crippen molar-refractivity contribution in [2.75, 3.05) is 20.3 Å². The van der Waals surface area contributed by atoms with Crippen LogP contribution in [0.1, 0.15) is 35.9 Å². The molecular weight excluding hydrogens is 272 g/mol. The van der Waals surface area contributed by atoms with Crippen molar-refractivity contribution in [3.8, 4) is 0 Å². The van der Waals surface area contributed by atoms with Gasteiger partial charge in [0.1, 0.15) is 11.7 Å². The molecule has 1 aliphatic rings. The van der Waals surface area contributed by atoms with E-state index < -0.39 is 5.97 Å². The molecule has 2 rings (SSSR count). The molecule has 0 spiro atoms. The molecule has 1 aromatic heterocycles. The third-order valence-electron chi connectivity index (χ3n) is 3.49. The summed E-state index contributed by atoms with van der Waals surface area (Å²) in [4.78, 5) is 29.7. The first-order chi connectivity index (χ1) is 10.2. The largest absolute Gasteiger partial charge is 0.465 e. The Morgan fingerprint density at radius 2 is 2.24 bits per heavy atom. The first-order valence-electron chi connectivity index (χ1n) is 7.10. The van der Waals surface area contributed by atoms with Gasteiger partial charge in [-0.2, -0.15) is 0 Å². The highest BCUT2D eigenvalue weighted by Gasteiger charge is 2.31. The van der Waals surface area contributed by atoms with Gasteiger partial charge < -0.3 is 9.47 Å². The Morgan fingerprint density at radius 3 is 2.95 bits per heavy atom. The average Bonchev–Trinajstić information content (AvgIpc) is 2.95. The highest BCUT2D eigenvalue weighted by Crippen LogP contribution is 2.20. The smallest absolute Gasteiger partial charge is 0.356 e. The number of likely N-dealkylation sites (tertiary alicyclic amines) is 1. The van der Waals surface area contributed by atoms with Crippen molar-refractivity contribution in [3.63, 3.8) is 0 Å². The fourth-order valence-electron chi connectivity index (χ4n) is 2.51. The molecule has 0 saturated carbocycles. The number of rotatable bonds is 5. The number of carbonyl (C=O) groups is 2. The van der Waals surface area contributed by atoms with Gasteiger partial charge in [-0.15, -0.1) is 0 Å². The maximum absolute atomic E-state index is 11.9. The Labute approximate surface area is 124 Å². The number of aromatic nitrogens is 1. The van der Waals surface area contributed by atoms with Crippen molar-refractivity contribution in [1.82, 2.24) is 9.88 Å². The maximum atomic E-state index is 11.9. The predicted molar refractivity (Wildman–Crippen MR) is 75.6 cm³/mol. The van der Waals surface area contributed by atoms with Crippen LogP contribution >= 0.6 is 0 Å². The van der Waals surface area contributed by atoms with Crippen molar-refractivity contribution < 1.29 is 19.1 Å².